The Hall–Kier alpha value is 0.660. The number of hydrogen-bond acceptors (Lipinski definition) is 3. The lowest BCUT2D eigenvalue weighted by molar-refractivity contribution is 0.200. The molecule has 0 aliphatic heterocycles. The van der Waals surface area contributed by atoms with E-state index in [9.17, 15) is 0 Å². The fourth-order valence-corrected chi connectivity index (χ4v) is 2.78. The molecule has 3 heteroatoms. The van der Waals surface area contributed by atoms with Gasteiger partial charge in [-0.3, -0.25) is 0 Å². The van der Waals surface area contributed by atoms with E-state index in [2.05, 4.69) is 19.6 Å². The normalized spacial score (nSPS) is 13.2. The first-order chi connectivity index (χ1) is 6.35. The SMILES string of the molecule is CCCC(CS)CSCCCOC. The lowest BCUT2D eigenvalue weighted by atomic mass is 10.1. The summed E-state index contributed by atoms with van der Waals surface area (Å²) >= 11 is 6.39. The van der Waals surface area contributed by atoms with Crippen molar-refractivity contribution in [3.05, 3.63) is 0 Å². The van der Waals surface area contributed by atoms with E-state index in [0.717, 1.165) is 18.3 Å². The van der Waals surface area contributed by atoms with Crippen LogP contribution in [0.1, 0.15) is 26.2 Å². The average Bonchev–Trinajstić information content (AvgIpc) is 2.16. The van der Waals surface area contributed by atoms with Crippen LogP contribution in [0.15, 0.2) is 0 Å². The van der Waals surface area contributed by atoms with Crippen molar-refractivity contribution in [2.75, 3.05) is 31.0 Å². The van der Waals surface area contributed by atoms with Crippen LogP contribution in [-0.4, -0.2) is 31.0 Å². The summed E-state index contributed by atoms with van der Waals surface area (Å²) in [5.41, 5.74) is 0. The maximum Gasteiger partial charge on any atom is 0.0470 e. The van der Waals surface area contributed by atoms with Gasteiger partial charge in [0.2, 0.25) is 0 Å². The second kappa shape index (κ2) is 10.7. The third-order valence-corrected chi connectivity index (χ3v) is 3.75. The topological polar surface area (TPSA) is 9.23 Å². The van der Waals surface area contributed by atoms with Gasteiger partial charge in [-0.15, -0.1) is 0 Å². The van der Waals surface area contributed by atoms with Crippen LogP contribution in [0, 0.1) is 5.92 Å². The molecule has 0 fully saturated rings. The van der Waals surface area contributed by atoms with Crippen LogP contribution in [0.25, 0.3) is 0 Å². The van der Waals surface area contributed by atoms with Gasteiger partial charge in [0.15, 0.2) is 0 Å². The number of ether oxygens (including phenoxy) is 1. The van der Waals surface area contributed by atoms with E-state index in [0.29, 0.717) is 0 Å². The summed E-state index contributed by atoms with van der Waals surface area (Å²) in [5, 5.41) is 0. The lowest BCUT2D eigenvalue weighted by Crippen LogP contribution is -2.06. The minimum absolute atomic E-state index is 0.806. The van der Waals surface area contributed by atoms with E-state index in [4.69, 9.17) is 4.74 Å². The zero-order chi connectivity index (χ0) is 9.94. The molecule has 80 valence electrons. The Bertz CT molecular complexity index is 98.9. The molecule has 0 heterocycles. The molecule has 1 unspecified atom stereocenters. The van der Waals surface area contributed by atoms with Gasteiger partial charge < -0.3 is 4.74 Å². The van der Waals surface area contributed by atoms with Crippen molar-refractivity contribution in [1.29, 1.82) is 0 Å². The van der Waals surface area contributed by atoms with E-state index in [1.165, 1.54) is 30.8 Å². The molecule has 13 heavy (non-hydrogen) atoms. The molecule has 0 bridgehead atoms. The summed E-state index contributed by atoms with van der Waals surface area (Å²) in [4.78, 5) is 0. The first-order valence-electron chi connectivity index (χ1n) is 5.02. The summed E-state index contributed by atoms with van der Waals surface area (Å²) in [7, 11) is 1.76. The zero-order valence-electron chi connectivity index (χ0n) is 8.79. The van der Waals surface area contributed by atoms with E-state index in [-0.39, 0.29) is 0 Å². The highest BCUT2D eigenvalue weighted by atomic mass is 32.2. The molecule has 1 atom stereocenters. The summed E-state index contributed by atoms with van der Waals surface area (Å²) in [6, 6.07) is 0. The Balaban J connectivity index is 3.17. The highest BCUT2D eigenvalue weighted by Gasteiger charge is 2.04. The Kier molecular flexibility index (Phi) is 11.3. The molecule has 0 aliphatic rings. The third-order valence-electron chi connectivity index (χ3n) is 1.95. The fraction of sp³-hybridized carbons (Fsp3) is 1.00. The van der Waals surface area contributed by atoms with E-state index < -0.39 is 0 Å². The van der Waals surface area contributed by atoms with Gasteiger partial charge in [-0.25, -0.2) is 0 Å². The van der Waals surface area contributed by atoms with Crippen molar-refractivity contribution in [1.82, 2.24) is 0 Å². The van der Waals surface area contributed by atoms with Crippen LogP contribution in [0.4, 0.5) is 0 Å². The molecule has 0 aromatic rings. The maximum atomic E-state index is 4.99. The predicted molar refractivity (Wildman–Crippen MR) is 66.1 cm³/mol. The van der Waals surface area contributed by atoms with Crippen molar-refractivity contribution in [3.63, 3.8) is 0 Å². The quantitative estimate of drug-likeness (QED) is 0.474. The largest absolute Gasteiger partial charge is 0.385 e. The molecular weight excluding hydrogens is 200 g/mol. The predicted octanol–water partition coefficient (Wildman–Crippen LogP) is 3.10. The van der Waals surface area contributed by atoms with E-state index in [1.807, 2.05) is 11.8 Å². The molecule has 1 nitrogen and oxygen atoms in total. The van der Waals surface area contributed by atoms with Crippen molar-refractivity contribution < 1.29 is 4.74 Å². The Morgan fingerprint density at radius 2 is 2.23 bits per heavy atom. The molecule has 0 aromatic carbocycles. The molecule has 0 spiro atoms. The van der Waals surface area contributed by atoms with Crippen LogP contribution in [-0.2, 0) is 4.74 Å². The van der Waals surface area contributed by atoms with Gasteiger partial charge in [0.05, 0.1) is 0 Å². The monoisotopic (exact) mass is 222 g/mol. The Morgan fingerprint density at radius 3 is 2.77 bits per heavy atom. The molecule has 0 amide bonds. The summed E-state index contributed by atoms with van der Waals surface area (Å²) in [6.07, 6.45) is 3.78. The van der Waals surface area contributed by atoms with E-state index >= 15 is 0 Å². The number of hydrogen-bond donors (Lipinski definition) is 1. The zero-order valence-corrected chi connectivity index (χ0v) is 10.5. The van der Waals surface area contributed by atoms with Gasteiger partial charge in [0.25, 0.3) is 0 Å². The lowest BCUT2D eigenvalue weighted by Gasteiger charge is -2.12. The highest BCUT2D eigenvalue weighted by Crippen LogP contribution is 2.15. The summed E-state index contributed by atoms with van der Waals surface area (Å²) in [6.45, 7) is 3.14. The maximum absolute atomic E-state index is 4.99. The standard InChI is InChI=1S/C10H22OS2/c1-3-5-10(8-12)9-13-7-4-6-11-2/h10,12H,3-9H2,1-2H3. The van der Waals surface area contributed by atoms with Gasteiger partial charge in [-0.05, 0) is 36.0 Å². The van der Waals surface area contributed by atoms with Crippen molar-refractivity contribution in [2.24, 2.45) is 5.92 Å². The third kappa shape index (κ3) is 8.98. The van der Waals surface area contributed by atoms with Crippen LogP contribution in [0.3, 0.4) is 0 Å². The van der Waals surface area contributed by atoms with Crippen LogP contribution >= 0.6 is 24.4 Å². The summed E-state index contributed by atoms with van der Waals surface area (Å²) < 4.78 is 4.99. The minimum atomic E-state index is 0.806. The number of thioether (sulfide) groups is 1. The first-order valence-corrected chi connectivity index (χ1v) is 6.81. The van der Waals surface area contributed by atoms with Crippen molar-refractivity contribution in [2.45, 2.75) is 26.2 Å². The smallest absolute Gasteiger partial charge is 0.0470 e. The Morgan fingerprint density at radius 1 is 1.46 bits per heavy atom. The molecule has 0 saturated carbocycles. The van der Waals surface area contributed by atoms with Crippen molar-refractivity contribution >= 4 is 24.4 Å². The van der Waals surface area contributed by atoms with E-state index in [1.54, 1.807) is 7.11 Å². The van der Waals surface area contributed by atoms with Crippen LogP contribution < -0.4 is 0 Å². The fourth-order valence-electron chi connectivity index (χ4n) is 1.19. The van der Waals surface area contributed by atoms with Crippen LogP contribution in [0.2, 0.25) is 0 Å². The van der Waals surface area contributed by atoms with Gasteiger partial charge in [0.1, 0.15) is 0 Å². The molecule has 0 radical (unpaired) electrons. The number of thiol groups is 1. The Labute approximate surface area is 92.4 Å². The van der Waals surface area contributed by atoms with Gasteiger partial charge in [-0.2, -0.15) is 24.4 Å². The molecule has 0 rings (SSSR count). The molecular formula is C10H22OS2. The summed E-state index contributed by atoms with van der Waals surface area (Å²) in [5.74, 6) is 4.33. The molecule has 0 N–H and O–H groups in total. The highest BCUT2D eigenvalue weighted by molar-refractivity contribution is 7.99. The molecule has 0 aromatic heterocycles. The number of methoxy groups -OCH3 is 1. The molecule has 0 aliphatic carbocycles. The minimum Gasteiger partial charge on any atom is -0.385 e. The van der Waals surface area contributed by atoms with Gasteiger partial charge in [0, 0.05) is 13.7 Å². The van der Waals surface area contributed by atoms with Gasteiger partial charge in [-0.1, -0.05) is 13.3 Å². The second-order valence-corrected chi connectivity index (χ2v) is 4.77. The average molecular weight is 222 g/mol. The first kappa shape index (κ1) is 13.7. The number of rotatable bonds is 9. The van der Waals surface area contributed by atoms with Crippen molar-refractivity contribution in [3.8, 4) is 0 Å². The molecule has 0 saturated heterocycles. The van der Waals surface area contributed by atoms with Crippen LogP contribution in [0.5, 0.6) is 0 Å². The van der Waals surface area contributed by atoms with Gasteiger partial charge >= 0.3 is 0 Å². The second-order valence-electron chi connectivity index (χ2n) is 3.26.